The molecule has 1 N–H and O–H groups in total. The van der Waals surface area contributed by atoms with Crippen LogP contribution in [0.15, 0.2) is 12.4 Å². The van der Waals surface area contributed by atoms with Gasteiger partial charge in [-0.05, 0) is 20.3 Å². The molecule has 1 aromatic heterocycles. The molecule has 1 aromatic rings. The first-order valence-electron chi connectivity index (χ1n) is 6.04. The van der Waals surface area contributed by atoms with Gasteiger partial charge in [-0.15, -0.1) is 0 Å². The van der Waals surface area contributed by atoms with Crippen LogP contribution >= 0.6 is 0 Å². The quantitative estimate of drug-likeness (QED) is 0.775. The molecule has 0 bridgehead atoms. The Morgan fingerprint density at radius 2 is 2.19 bits per heavy atom. The first-order chi connectivity index (χ1) is 7.72. The number of ether oxygens (including phenoxy) is 1. The van der Waals surface area contributed by atoms with Crippen LogP contribution in [0.3, 0.4) is 0 Å². The van der Waals surface area contributed by atoms with Gasteiger partial charge in [-0.2, -0.15) is 5.10 Å². The molecule has 1 heterocycles. The summed E-state index contributed by atoms with van der Waals surface area (Å²) in [4.78, 5) is 0. The number of aromatic nitrogens is 2. The van der Waals surface area contributed by atoms with Gasteiger partial charge in [0, 0.05) is 24.9 Å². The molecule has 0 saturated carbocycles. The third-order valence-electron chi connectivity index (χ3n) is 2.62. The second-order valence-electron chi connectivity index (χ2n) is 3.86. The molecule has 0 spiro atoms. The van der Waals surface area contributed by atoms with Gasteiger partial charge in [0.15, 0.2) is 0 Å². The van der Waals surface area contributed by atoms with E-state index in [1.54, 1.807) is 6.20 Å². The molecule has 0 radical (unpaired) electrons. The maximum atomic E-state index is 10.2. The maximum Gasteiger partial charge on any atom is 0.108 e. The predicted molar refractivity (Wildman–Crippen MR) is 63.2 cm³/mol. The molecule has 4 nitrogen and oxygen atoms in total. The van der Waals surface area contributed by atoms with Gasteiger partial charge in [0.1, 0.15) is 6.10 Å². The van der Waals surface area contributed by atoms with Gasteiger partial charge >= 0.3 is 0 Å². The third kappa shape index (κ3) is 3.32. The summed E-state index contributed by atoms with van der Waals surface area (Å²) in [7, 11) is 0. The summed E-state index contributed by atoms with van der Waals surface area (Å²) in [5.41, 5.74) is 0.841. The fourth-order valence-corrected chi connectivity index (χ4v) is 1.75. The Labute approximate surface area is 97.2 Å². The summed E-state index contributed by atoms with van der Waals surface area (Å²) in [6.45, 7) is 7.51. The van der Waals surface area contributed by atoms with E-state index in [1.807, 2.05) is 24.7 Å². The Bertz CT molecular complexity index is 293. The van der Waals surface area contributed by atoms with Crippen LogP contribution < -0.4 is 0 Å². The number of aryl methyl sites for hydroxylation is 1. The van der Waals surface area contributed by atoms with Crippen molar-refractivity contribution in [3.8, 4) is 0 Å². The van der Waals surface area contributed by atoms with Crippen LogP contribution in [0.5, 0.6) is 0 Å². The molecule has 1 rings (SSSR count). The van der Waals surface area contributed by atoms with Crippen LogP contribution in [0.4, 0.5) is 0 Å². The van der Waals surface area contributed by atoms with E-state index in [1.165, 1.54) is 0 Å². The molecule has 92 valence electrons. The highest BCUT2D eigenvalue weighted by atomic mass is 16.5. The van der Waals surface area contributed by atoms with Crippen LogP contribution in [0.1, 0.15) is 45.3 Å². The predicted octanol–water partition coefficient (Wildman–Crippen LogP) is 2.14. The minimum absolute atomic E-state index is 0.121. The molecule has 2 unspecified atom stereocenters. The Balaban J connectivity index is 2.68. The second kappa shape index (κ2) is 6.66. The van der Waals surface area contributed by atoms with Gasteiger partial charge in [0.25, 0.3) is 0 Å². The van der Waals surface area contributed by atoms with E-state index < -0.39 is 6.10 Å². The third-order valence-corrected chi connectivity index (χ3v) is 2.62. The first kappa shape index (κ1) is 13.2. The SMILES string of the molecule is CCCC(OCC)C(O)c1cnn(CC)c1. The molecule has 0 aliphatic heterocycles. The molecule has 0 aromatic carbocycles. The zero-order chi connectivity index (χ0) is 12.0. The summed E-state index contributed by atoms with van der Waals surface area (Å²) in [6, 6.07) is 0. The average Bonchev–Trinajstić information content (AvgIpc) is 2.76. The van der Waals surface area contributed by atoms with E-state index in [0.717, 1.165) is 24.9 Å². The Morgan fingerprint density at radius 1 is 1.44 bits per heavy atom. The Morgan fingerprint density at radius 3 is 2.69 bits per heavy atom. The van der Waals surface area contributed by atoms with Crippen molar-refractivity contribution in [2.24, 2.45) is 0 Å². The zero-order valence-electron chi connectivity index (χ0n) is 10.4. The monoisotopic (exact) mass is 226 g/mol. The van der Waals surface area contributed by atoms with Gasteiger partial charge in [0.2, 0.25) is 0 Å². The molecule has 0 saturated heterocycles. The maximum absolute atomic E-state index is 10.2. The van der Waals surface area contributed by atoms with Gasteiger partial charge in [0.05, 0.1) is 12.3 Å². The van der Waals surface area contributed by atoms with Crippen LogP contribution in [-0.4, -0.2) is 27.6 Å². The highest BCUT2D eigenvalue weighted by Gasteiger charge is 2.21. The number of nitrogens with zero attached hydrogens (tertiary/aromatic N) is 2. The number of rotatable bonds is 7. The Hall–Kier alpha value is -0.870. The number of aliphatic hydroxyl groups is 1. The number of aliphatic hydroxyl groups excluding tert-OH is 1. The fraction of sp³-hybridized carbons (Fsp3) is 0.750. The van der Waals surface area contributed by atoms with E-state index in [2.05, 4.69) is 12.0 Å². The fourth-order valence-electron chi connectivity index (χ4n) is 1.75. The summed E-state index contributed by atoms with van der Waals surface area (Å²) in [5, 5.41) is 14.3. The van der Waals surface area contributed by atoms with Gasteiger partial charge in [-0.3, -0.25) is 4.68 Å². The summed E-state index contributed by atoms with van der Waals surface area (Å²) in [6.07, 6.45) is 4.78. The van der Waals surface area contributed by atoms with Crippen molar-refractivity contribution >= 4 is 0 Å². The lowest BCUT2D eigenvalue weighted by Gasteiger charge is -2.21. The molecule has 0 aliphatic rings. The molecule has 4 heteroatoms. The number of hydrogen-bond acceptors (Lipinski definition) is 3. The summed E-state index contributed by atoms with van der Waals surface area (Å²) < 4.78 is 7.37. The van der Waals surface area contributed by atoms with Gasteiger partial charge < -0.3 is 9.84 Å². The lowest BCUT2D eigenvalue weighted by molar-refractivity contribution is -0.0385. The second-order valence-corrected chi connectivity index (χ2v) is 3.86. The van der Waals surface area contributed by atoms with E-state index >= 15 is 0 Å². The highest BCUT2D eigenvalue weighted by Crippen LogP contribution is 2.22. The smallest absolute Gasteiger partial charge is 0.108 e. The van der Waals surface area contributed by atoms with Crippen molar-refractivity contribution in [1.29, 1.82) is 0 Å². The topological polar surface area (TPSA) is 47.3 Å². The van der Waals surface area contributed by atoms with E-state index in [9.17, 15) is 5.11 Å². The molecule has 0 fully saturated rings. The summed E-state index contributed by atoms with van der Waals surface area (Å²) >= 11 is 0. The van der Waals surface area contributed by atoms with Crippen molar-refractivity contribution < 1.29 is 9.84 Å². The van der Waals surface area contributed by atoms with E-state index in [4.69, 9.17) is 4.74 Å². The lowest BCUT2D eigenvalue weighted by atomic mass is 10.0. The standard InChI is InChI=1S/C12H22N2O2/c1-4-7-11(16-6-3)12(15)10-8-13-14(5-2)9-10/h8-9,11-12,15H,4-7H2,1-3H3. The van der Waals surface area contributed by atoms with E-state index in [0.29, 0.717) is 6.61 Å². The van der Waals surface area contributed by atoms with Crippen LogP contribution in [0, 0.1) is 0 Å². The highest BCUT2D eigenvalue weighted by molar-refractivity contribution is 5.09. The molecule has 2 atom stereocenters. The van der Waals surface area contributed by atoms with Crippen molar-refractivity contribution in [3.63, 3.8) is 0 Å². The van der Waals surface area contributed by atoms with Crippen LogP contribution in [0.25, 0.3) is 0 Å². The first-order valence-corrected chi connectivity index (χ1v) is 6.04. The van der Waals surface area contributed by atoms with Crippen molar-refractivity contribution in [3.05, 3.63) is 18.0 Å². The van der Waals surface area contributed by atoms with Crippen LogP contribution in [0.2, 0.25) is 0 Å². The molecular weight excluding hydrogens is 204 g/mol. The van der Waals surface area contributed by atoms with Crippen molar-refractivity contribution in [2.75, 3.05) is 6.61 Å². The van der Waals surface area contributed by atoms with Gasteiger partial charge in [-0.1, -0.05) is 13.3 Å². The Kier molecular flexibility index (Phi) is 5.49. The zero-order valence-corrected chi connectivity index (χ0v) is 10.4. The van der Waals surface area contributed by atoms with Crippen LogP contribution in [-0.2, 0) is 11.3 Å². The molecule has 0 aliphatic carbocycles. The van der Waals surface area contributed by atoms with Crippen molar-refractivity contribution in [1.82, 2.24) is 9.78 Å². The molecule has 0 amide bonds. The molecule has 16 heavy (non-hydrogen) atoms. The van der Waals surface area contributed by atoms with E-state index in [-0.39, 0.29) is 6.10 Å². The lowest BCUT2D eigenvalue weighted by Crippen LogP contribution is -2.22. The minimum atomic E-state index is -0.569. The number of hydrogen-bond donors (Lipinski definition) is 1. The summed E-state index contributed by atoms with van der Waals surface area (Å²) in [5.74, 6) is 0. The molecular formula is C12H22N2O2. The largest absolute Gasteiger partial charge is 0.386 e. The van der Waals surface area contributed by atoms with Gasteiger partial charge in [-0.25, -0.2) is 0 Å². The average molecular weight is 226 g/mol. The minimum Gasteiger partial charge on any atom is -0.386 e. The normalized spacial score (nSPS) is 15.0. The van der Waals surface area contributed by atoms with Crippen molar-refractivity contribution in [2.45, 2.75) is 52.4 Å².